The molecule has 19 nitrogen and oxygen atoms in total. The summed E-state index contributed by atoms with van der Waals surface area (Å²) in [6, 6.07) is 6.68. The van der Waals surface area contributed by atoms with Crippen molar-refractivity contribution in [1.82, 2.24) is 29.7 Å². The summed E-state index contributed by atoms with van der Waals surface area (Å²) in [4.78, 5) is 32.8. The van der Waals surface area contributed by atoms with E-state index in [-0.39, 0.29) is 83.0 Å². The van der Waals surface area contributed by atoms with Crippen molar-refractivity contribution in [2.24, 2.45) is 12.2 Å². The molecule has 0 radical (unpaired) electrons. The summed E-state index contributed by atoms with van der Waals surface area (Å²) < 4.78 is 125. The van der Waals surface area contributed by atoms with E-state index < -0.39 is 67.7 Å². The van der Waals surface area contributed by atoms with Crippen LogP contribution in [0.1, 0.15) is 41.9 Å². The van der Waals surface area contributed by atoms with E-state index in [2.05, 4.69) is 34.9 Å². The number of hydrogen-bond acceptors (Lipinski definition) is 18. The molecular weight excluding hydrogens is 812 g/mol. The molecule has 1 aromatic carbocycles. The van der Waals surface area contributed by atoms with Crippen LogP contribution in [0.3, 0.4) is 0 Å². The average molecular weight is 844 g/mol. The van der Waals surface area contributed by atoms with Gasteiger partial charge < -0.3 is 47.9 Å². The zero-order chi connectivity index (χ0) is 41.6. The van der Waals surface area contributed by atoms with Gasteiger partial charge in [-0.25, -0.2) is 13.1 Å². The van der Waals surface area contributed by atoms with Gasteiger partial charge in [-0.05, 0) is 26.0 Å². The number of aromatic carboxylic acids is 1. The van der Waals surface area contributed by atoms with Gasteiger partial charge in [0.05, 0.1) is 63.4 Å². The third-order valence-corrected chi connectivity index (χ3v) is 8.58. The van der Waals surface area contributed by atoms with Crippen molar-refractivity contribution in [3.63, 3.8) is 0 Å². The van der Waals surface area contributed by atoms with E-state index in [0.29, 0.717) is 4.68 Å². The molecule has 0 saturated carbocycles. The number of halogens is 5. The maximum absolute atomic E-state index is 13.1. The number of benzene rings is 1. The van der Waals surface area contributed by atoms with E-state index in [1.165, 1.54) is 72.6 Å². The van der Waals surface area contributed by atoms with Crippen molar-refractivity contribution in [2.75, 3.05) is 28.4 Å². The zero-order valence-electron chi connectivity index (χ0n) is 31.2. The van der Waals surface area contributed by atoms with Gasteiger partial charge in [0.1, 0.15) is 17.1 Å². The molecule has 0 unspecified atom stereocenters. The first-order valence-corrected chi connectivity index (χ1v) is 17.0. The van der Waals surface area contributed by atoms with E-state index >= 15 is 0 Å². The van der Waals surface area contributed by atoms with E-state index in [1.54, 1.807) is 0 Å². The normalized spacial score (nSPS) is 13.2. The minimum atomic E-state index is -5.06. The van der Waals surface area contributed by atoms with E-state index in [4.69, 9.17) is 33.3 Å². The summed E-state index contributed by atoms with van der Waals surface area (Å²) in [7, 11) is 2.16. The summed E-state index contributed by atoms with van der Waals surface area (Å²) >= 11 is 0. The Bertz CT molecular complexity index is 2090. The molecule has 0 atom stereocenters. The van der Waals surface area contributed by atoms with Gasteiger partial charge in [-0.3, -0.25) is 0 Å². The quantitative estimate of drug-likeness (QED) is 0.133. The molecule has 304 valence electrons. The van der Waals surface area contributed by atoms with Crippen LogP contribution in [-0.4, -0.2) is 89.8 Å². The first kappa shape index (κ1) is 46.1. The fraction of sp³-hybridized carbons (Fsp3) is 0.387. The predicted molar refractivity (Wildman–Crippen MR) is 176 cm³/mol. The molecule has 0 N–H and O–H groups in total. The van der Waals surface area contributed by atoms with Gasteiger partial charge in [0.15, 0.2) is 20.6 Å². The minimum Gasteiger partial charge on any atom is -0.545 e. The smallest absolute Gasteiger partial charge is 0.545 e. The van der Waals surface area contributed by atoms with Gasteiger partial charge in [0, 0.05) is 13.5 Å². The number of hydrogen-bond donors (Lipinski definition) is 0. The Hall–Kier alpha value is -5.27. The maximum atomic E-state index is 13.1. The van der Waals surface area contributed by atoms with Crippen LogP contribution in [0.25, 0.3) is 0 Å². The fourth-order valence-corrected chi connectivity index (χ4v) is 6.07. The number of carbonyl (C=O) groups is 1. The van der Waals surface area contributed by atoms with Gasteiger partial charge in [-0.2, -0.15) is 47.0 Å². The molecule has 3 aromatic heterocycles. The molecule has 0 bridgehead atoms. The summed E-state index contributed by atoms with van der Waals surface area (Å²) in [5.41, 5.74) is -3.99. The molecule has 26 heteroatoms. The van der Waals surface area contributed by atoms with Crippen molar-refractivity contribution in [1.29, 1.82) is 0 Å². The van der Waals surface area contributed by atoms with Crippen LogP contribution in [0.4, 0.5) is 22.0 Å². The van der Waals surface area contributed by atoms with E-state index in [1.807, 2.05) is 0 Å². The molecule has 57 heavy (non-hydrogen) atoms. The van der Waals surface area contributed by atoms with Crippen molar-refractivity contribution >= 4 is 20.9 Å². The van der Waals surface area contributed by atoms with Crippen LogP contribution in [0.15, 0.2) is 35.5 Å². The van der Waals surface area contributed by atoms with Crippen LogP contribution < -0.4 is 67.8 Å². The number of carboxylic acid groups (broad SMARTS) is 1. The molecule has 1 aliphatic heterocycles. The standard InChI is InChI=1S/C19H18N4O8.C12H14F5N3O4S.Na/c1-26-12-8-13(27-2)21-18(20-12)30-10-6-5-7-11(16(10)17(24)25)31-19-22-14(28-3)9-15(23-19)29-4;1-11(2)4-7(19-24-11)25(21,22)5-6-8(12(15,16)17)18-20(3)9(6)23-10(13)14;/h5-9H,1-4H3,(H,24,25);10H,4-5H2,1-3H3;/q;;+1/p-1. The van der Waals surface area contributed by atoms with Gasteiger partial charge in [0.25, 0.3) is 0 Å². The SMILES string of the molecule is COc1cc(OC)nc(Oc2cccc(Oc3nc(OC)cc(OC)n3)c2C(=O)[O-])n1.Cn1nc(C(F)(F)F)c(CS(=O)(=O)C2=NOC(C)(C)C2)c1OC(F)F.[Na+]. The number of aryl methyl sites for hydroxylation is 1. The number of nitrogens with zero attached hydrogens (tertiary/aromatic N) is 7. The molecule has 0 spiro atoms. The Kier molecular flexibility index (Phi) is 15.2. The number of aromatic nitrogens is 6. The topological polar surface area (TPSA) is 230 Å². The summed E-state index contributed by atoms with van der Waals surface area (Å²) in [6.07, 6.45) is -5.22. The number of rotatable bonds is 13. The third kappa shape index (κ3) is 11.9. The van der Waals surface area contributed by atoms with Gasteiger partial charge in [-0.1, -0.05) is 11.2 Å². The summed E-state index contributed by atoms with van der Waals surface area (Å²) in [5, 5.41) is 17.8. The number of carboxylic acids is 1. The first-order valence-electron chi connectivity index (χ1n) is 15.4. The van der Waals surface area contributed by atoms with Gasteiger partial charge >= 0.3 is 54.4 Å². The fourth-order valence-electron chi connectivity index (χ4n) is 4.54. The van der Waals surface area contributed by atoms with Crippen LogP contribution in [-0.2, 0) is 33.7 Å². The molecule has 0 fully saturated rings. The molecule has 1 aliphatic rings. The minimum absolute atomic E-state index is 0. The molecule has 0 saturated heterocycles. The molecular formula is C31H31F5N7NaO12S. The molecule has 5 rings (SSSR count). The number of alkyl halides is 5. The largest absolute Gasteiger partial charge is 1.00 e. The van der Waals surface area contributed by atoms with Crippen molar-refractivity contribution < 1.29 is 108 Å². The second-order valence-corrected chi connectivity index (χ2v) is 13.5. The van der Waals surface area contributed by atoms with E-state index in [9.17, 15) is 40.3 Å². The zero-order valence-corrected chi connectivity index (χ0v) is 34.0. The second kappa shape index (κ2) is 18.8. The maximum Gasteiger partial charge on any atom is 1.00 e. The van der Waals surface area contributed by atoms with Crippen molar-refractivity contribution in [3.05, 3.63) is 47.2 Å². The van der Waals surface area contributed by atoms with Crippen LogP contribution in [0.2, 0.25) is 0 Å². The number of methoxy groups -OCH3 is 4. The van der Waals surface area contributed by atoms with Crippen molar-refractivity contribution in [3.8, 4) is 52.9 Å². The Morgan fingerprint density at radius 2 is 1.37 bits per heavy atom. The summed E-state index contributed by atoms with van der Waals surface area (Å²) in [6.45, 7) is -0.380. The van der Waals surface area contributed by atoms with Crippen molar-refractivity contribution in [2.45, 2.75) is 44.4 Å². The third-order valence-electron chi connectivity index (χ3n) is 6.97. The molecule has 4 aromatic rings. The summed E-state index contributed by atoms with van der Waals surface area (Å²) in [5.74, 6) is -3.49. The van der Waals surface area contributed by atoms with Crippen LogP contribution >= 0.6 is 0 Å². The molecule has 0 amide bonds. The Balaban J connectivity index is 0.000000307. The van der Waals surface area contributed by atoms with Gasteiger partial charge in [0.2, 0.25) is 29.4 Å². The Morgan fingerprint density at radius 1 is 0.912 bits per heavy atom. The Morgan fingerprint density at radius 3 is 1.72 bits per heavy atom. The Labute approximate surface area is 342 Å². The molecule has 4 heterocycles. The molecule has 0 aliphatic carbocycles. The predicted octanol–water partition coefficient (Wildman–Crippen LogP) is 0.721. The van der Waals surface area contributed by atoms with E-state index in [0.717, 1.165) is 7.05 Å². The number of sulfone groups is 1. The first-order chi connectivity index (χ1) is 26.2. The monoisotopic (exact) mass is 843 g/mol. The number of carbonyl (C=O) groups excluding carboxylic acids is 1. The van der Waals surface area contributed by atoms with Crippen LogP contribution in [0.5, 0.6) is 52.9 Å². The average Bonchev–Trinajstić information content (AvgIpc) is 3.65. The second-order valence-electron chi connectivity index (χ2n) is 11.5. The van der Waals surface area contributed by atoms with Gasteiger partial charge in [-0.15, -0.1) is 0 Å². The number of ether oxygens (including phenoxy) is 7. The number of oxime groups is 1. The van der Waals surface area contributed by atoms with Crippen LogP contribution in [0, 0.1) is 0 Å².